The number of aromatic nitrogens is 1. The first kappa shape index (κ1) is 17.7. The summed E-state index contributed by atoms with van der Waals surface area (Å²) in [7, 11) is 1.72. The minimum absolute atomic E-state index is 0.0279. The Morgan fingerprint density at radius 3 is 2.50 bits per heavy atom. The van der Waals surface area contributed by atoms with E-state index >= 15 is 0 Å². The van der Waals surface area contributed by atoms with Crippen molar-refractivity contribution in [3.63, 3.8) is 0 Å². The van der Waals surface area contributed by atoms with E-state index in [4.69, 9.17) is 12.2 Å². The summed E-state index contributed by atoms with van der Waals surface area (Å²) in [5.41, 5.74) is 5.72. The van der Waals surface area contributed by atoms with Crippen LogP contribution in [0.15, 0.2) is 29.2 Å². The standard InChI is InChI=1S/C18H17IN2OS2/c1-10-7-14(5-6-15(10)19)21-11(2)8-13(12(21)3)9-16-17(22)20(4)18(23)24-16/h5-9H,1-4H3. The highest BCUT2D eigenvalue weighted by Gasteiger charge is 2.29. The molecular weight excluding hydrogens is 451 g/mol. The molecule has 3 nitrogen and oxygen atoms in total. The number of thioether (sulfide) groups is 1. The number of hydrogen-bond donors (Lipinski definition) is 0. The highest BCUT2D eigenvalue weighted by atomic mass is 127. The van der Waals surface area contributed by atoms with Gasteiger partial charge in [0.25, 0.3) is 5.91 Å². The number of rotatable bonds is 2. The Bertz CT molecular complexity index is 899. The maximum absolute atomic E-state index is 12.2. The summed E-state index contributed by atoms with van der Waals surface area (Å²) in [6.45, 7) is 6.29. The van der Waals surface area contributed by atoms with E-state index < -0.39 is 0 Å². The molecule has 1 aliphatic heterocycles. The molecule has 24 heavy (non-hydrogen) atoms. The number of aryl methyl sites for hydroxylation is 2. The fraction of sp³-hybridized carbons (Fsp3) is 0.222. The van der Waals surface area contributed by atoms with Crippen LogP contribution >= 0.6 is 46.6 Å². The molecule has 0 atom stereocenters. The zero-order chi connectivity index (χ0) is 17.6. The van der Waals surface area contributed by atoms with Gasteiger partial charge in [-0.05, 0) is 84.8 Å². The molecule has 2 heterocycles. The average molecular weight is 468 g/mol. The van der Waals surface area contributed by atoms with Gasteiger partial charge in [0.15, 0.2) is 0 Å². The molecule has 0 radical (unpaired) electrons. The van der Waals surface area contributed by atoms with Crippen LogP contribution in [0.4, 0.5) is 0 Å². The predicted molar refractivity (Wildman–Crippen MR) is 114 cm³/mol. The van der Waals surface area contributed by atoms with Gasteiger partial charge >= 0.3 is 0 Å². The molecule has 1 aliphatic rings. The van der Waals surface area contributed by atoms with Crippen LogP contribution in [0.2, 0.25) is 0 Å². The van der Waals surface area contributed by atoms with Crippen LogP contribution in [-0.2, 0) is 4.79 Å². The summed E-state index contributed by atoms with van der Waals surface area (Å²) in [5.74, 6) is -0.0279. The number of hydrogen-bond acceptors (Lipinski definition) is 3. The molecule has 1 amide bonds. The Morgan fingerprint density at radius 2 is 1.92 bits per heavy atom. The molecule has 0 bridgehead atoms. The number of carbonyl (C=O) groups is 1. The zero-order valence-corrected chi connectivity index (χ0v) is 17.7. The van der Waals surface area contributed by atoms with Crippen LogP contribution in [0.1, 0.15) is 22.5 Å². The predicted octanol–water partition coefficient (Wildman–Crippen LogP) is 4.84. The second-order valence-corrected chi connectivity index (χ2v) is 8.67. The normalized spacial score (nSPS) is 16.5. The number of carbonyl (C=O) groups excluding carboxylic acids is 1. The Hall–Kier alpha value is -1.12. The van der Waals surface area contributed by atoms with Crippen molar-refractivity contribution in [2.75, 3.05) is 7.05 Å². The number of amides is 1. The summed E-state index contributed by atoms with van der Waals surface area (Å²) in [5, 5.41) is 0. The topological polar surface area (TPSA) is 25.2 Å². The maximum atomic E-state index is 12.2. The van der Waals surface area contributed by atoms with Gasteiger partial charge in [-0.2, -0.15) is 0 Å². The van der Waals surface area contributed by atoms with Gasteiger partial charge in [0, 0.05) is 27.7 Å². The molecule has 6 heteroatoms. The van der Waals surface area contributed by atoms with Crippen molar-refractivity contribution in [2.24, 2.45) is 0 Å². The lowest BCUT2D eigenvalue weighted by Crippen LogP contribution is -2.22. The molecule has 124 valence electrons. The summed E-state index contributed by atoms with van der Waals surface area (Å²) in [4.78, 5) is 14.4. The molecule has 0 saturated carbocycles. The quantitative estimate of drug-likeness (QED) is 0.359. The zero-order valence-electron chi connectivity index (χ0n) is 13.9. The van der Waals surface area contributed by atoms with Gasteiger partial charge in [0.05, 0.1) is 4.91 Å². The van der Waals surface area contributed by atoms with E-state index in [0.717, 1.165) is 22.6 Å². The van der Waals surface area contributed by atoms with Gasteiger partial charge in [-0.15, -0.1) is 0 Å². The summed E-state index contributed by atoms with van der Waals surface area (Å²) in [6, 6.07) is 8.57. The van der Waals surface area contributed by atoms with Gasteiger partial charge in [-0.1, -0.05) is 24.0 Å². The van der Waals surface area contributed by atoms with Crippen LogP contribution in [0.3, 0.4) is 0 Å². The monoisotopic (exact) mass is 468 g/mol. The molecule has 1 aromatic carbocycles. The van der Waals surface area contributed by atoms with Crippen molar-refractivity contribution >= 4 is 62.9 Å². The Morgan fingerprint density at radius 1 is 1.21 bits per heavy atom. The molecule has 1 saturated heterocycles. The van der Waals surface area contributed by atoms with Crippen LogP contribution < -0.4 is 0 Å². The van der Waals surface area contributed by atoms with Crippen molar-refractivity contribution in [3.05, 3.63) is 55.3 Å². The molecular formula is C18H17IN2OS2. The average Bonchev–Trinajstić information content (AvgIpc) is 2.94. The van der Waals surface area contributed by atoms with Gasteiger partial charge < -0.3 is 4.57 Å². The van der Waals surface area contributed by atoms with Crippen LogP contribution in [0.25, 0.3) is 11.8 Å². The second-order valence-electron chi connectivity index (χ2n) is 5.84. The van der Waals surface area contributed by atoms with Crippen molar-refractivity contribution in [1.82, 2.24) is 9.47 Å². The summed E-state index contributed by atoms with van der Waals surface area (Å²) < 4.78 is 4.08. The lowest BCUT2D eigenvalue weighted by molar-refractivity contribution is -0.121. The summed E-state index contributed by atoms with van der Waals surface area (Å²) in [6.07, 6.45) is 1.95. The SMILES string of the molecule is Cc1cc(-n2c(C)cc(C=C3SC(=S)N(C)C3=O)c2C)ccc1I. The van der Waals surface area contributed by atoms with Crippen LogP contribution in [0, 0.1) is 24.3 Å². The van der Waals surface area contributed by atoms with Gasteiger partial charge in [-0.3, -0.25) is 9.69 Å². The van der Waals surface area contributed by atoms with Crippen molar-refractivity contribution in [2.45, 2.75) is 20.8 Å². The first-order valence-corrected chi connectivity index (χ1v) is 9.77. The molecule has 0 unspecified atom stereocenters. The van der Waals surface area contributed by atoms with Gasteiger partial charge in [-0.25, -0.2) is 0 Å². The maximum Gasteiger partial charge on any atom is 0.265 e. The van der Waals surface area contributed by atoms with Crippen molar-refractivity contribution < 1.29 is 4.79 Å². The van der Waals surface area contributed by atoms with E-state index in [9.17, 15) is 4.79 Å². The molecule has 2 aromatic rings. The first-order chi connectivity index (χ1) is 11.3. The number of nitrogens with zero attached hydrogens (tertiary/aromatic N) is 2. The van der Waals surface area contributed by atoms with Crippen LogP contribution in [0.5, 0.6) is 0 Å². The third-order valence-electron chi connectivity index (χ3n) is 4.14. The minimum Gasteiger partial charge on any atom is -0.318 e. The fourth-order valence-electron chi connectivity index (χ4n) is 2.79. The highest BCUT2D eigenvalue weighted by Crippen LogP contribution is 2.33. The lowest BCUT2D eigenvalue weighted by atomic mass is 10.2. The molecule has 0 spiro atoms. The lowest BCUT2D eigenvalue weighted by Gasteiger charge is -2.11. The smallest absolute Gasteiger partial charge is 0.265 e. The van der Waals surface area contributed by atoms with Gasteiger partial charge in [0.1, 0.15) is 4.32 Å². The van der Waals surface area contributed by atoms with E-state index in [1.165, 1.54) is 25.8 Å². The van der Waals surface area contributed by atoms with E-state index in [-0.39, 0.29) is 5.91 Å². The number of halogens is 1. The first-order valence-electron chi connectivity index (χ1n) is 7.46. The molecule has 0 N–H and O–H groups in total. The van der Waals surface area contributed by atoms with E-state index in [2.05, 4.69) is 72.2 Å². The number of thiocarbonyl (C=S) groups is 1. The minimum atomic E-state index is -0.0279. The molecule has 3 rings (SSSR count). The number of benzene rings is 1. The summed E-state index contributed by atoms with van der Waals surface area (Å²) >= 11 is 8.91. The Labute approximate surface area is 165 Å². The third-order valence-corrected chi connectivity index (χ3v) is 6.84. The third kappa shape index (κ3) is 3.07. The van der Waals surface area contributed by atoms with E-state index in [0.29, 0.717) is 9.23 Å². The van der Waals surface area contributed by atoms with E-state index in [1.54, 1.807) is 7.05 Å². The molecule has 1 fully saturated rings. The number of likely N-dealkylation sites (N-methyl/N-ethyl adjacent to an activating group) is 1. The Kier molecular flexibility index (Phi) is 4.90. The van der Waals surface area contributed by atoms with Crippen LogP contribution in [-0.4, -0.2) is 26.7 Å². The Balaban J connectivity index is 2.06. The van der Waals surface area contributed by atoms with E-state index in [1.807, 2.05) is 6.08 Å². The molecule has 0 aliphatic carbocycles. The fourth-order valence-corrected chi connectivity index (χ4v) is 4.29. The van der Waals surface area contributed by atoms with Crippen molar-refractivity contribution in [3.8, 4) is 5.69 Å². The van der Waals surface area contributed by atoms with Gasteiger partial charge in [0.2, 0.25) is 0 Å². The largest absolute Gasteiger partial charge is 0.318 e. The molecule has 1 aromatic heterocycles. The second kappa shape index (κ2) is 6.65. The van der Waals surface area contributed by atoms with Crippen molar-refractivity contribution in [1.29, 1.82) is 0 Å². The highest BCUT2D eigenvalue weighted by molar-refractivity contribution is 14.1.